The Morgan fingerprint density at radius 1 is 0.833 bits per heavy atom. The topological polar surface area (TPSA) is 59.3 Å². The Labute approximate surface area is 178 Å². The van der Waals surface area contributed by atoms with Crippen LogP contribution in [0, 0.1) is 11.3 Å². The van der Waals surface area contributed by atoms with Gasteiger partial charge in [0, 0.05) is 0 Å². The molecule has 3 aromatic carbocycles. The number of nitrogens with zero attached hydrogens (tertiary/aromatic N) is 1. The van der Waals surface area contributed by atoms with E-state index in [1.165, 1.54) is 32.1 Å². The van der Waals surface area contributed by atoms with Gasteiger partial charge >= 0.3 is 5.97 Å². The lowest BCUT2D eigenvalue weighted by atomic mass is 10.1. The van der Waals surface area contributed by atoms with E-state index in [-0.39, 0.29) is 0 Å². The number of hydrogen-bond donors (Lipinski definition) is 0. The van der Waals surface area contributed by atoms with Crippen molar-refractivity contribution in [1.29, 1.82) is 5.26 Å². The van der Waals surface area contributed by atoms with Crippen LogP contribution in [0.3, 0.4) is 0 Å². The van der Waals surface area contributed by atoms with Gasteiger partial charge in [-0.05, 0) is 65.7 Å². The number of benzene rings is 3. The maximum absolute atomic E-state index is 12.4. The lowest BCUT2D eigenvalue weighted by Gasteiger charge is -2.09. The third-order valence-electron chi connectivity index (χ3n) is 5.01. The van der Waals surface area contributed by atoms with Crippen LogP contribution in [0.2, 0.25) is 0 Å². The highest BCUT2D eigenvalue weighted by Crippen LogP contribution is 2.23. The maximum atomic E-state index is 12.4. The Morgan fingerprint density at radius 3 is 2.27 bits per heavy atom. The molecule has 3 rings (SSSR count). The molecule has 4 heteroatoms. The molecule has 0 radical (unpaired) electrons. The van der Waals surface area contributed by atoms with Gasteiger partial charge in [-0.15, -0.1) is 0 Å². The van der Waals surface area contributed by atoms with Gasteiger partial charge in [-0.3, -0.25) is 0 Å². The molecule has 0 aliphatic rings. The molecule has 0 aromatic heterocycles. The fourth-order valence-electron chi connectivity index (χ4n) is 3.28. The average molecular weight is 402 g/mol. The molecule has 0 saturated carbocycles. The molecule has 0 aliphatic carbocycles. The second-order valence-corrected chi connectivity index (χ2v) is 7.37. The molecule has 0 fully saturated rings. The van der Waals surface area contributed by atoms with Crippen molar-refractivity contribution in [3.05, 3.63) is 71.8 Å². The SMILES string of the molecule is CCCCCCCCOc1ccc2cc(C(=O)Oc3ccc(C#N)cc3)ccc2c1. The largest absolute Gasteiger partial charge is 0.494 e. The highest BCUT2D eigenvalue weighted by Gasteiger charge is 2.10. The maximum Gasteiger partial charge on any atom is 0.343 e. The van der Waals surface area contributed by atoms with Gasteiger partial charge < -0.3 is 9.47 Å². The number of carbonyl (C=O) groups excluding carboxylic acids is 1. The fraction of sp³-hybridized carbons (Fsp3) is 0.308. The first-order valence-electron chi connectivity index (χ1n) is 10.6. The predicted molar refractivity (Wildman–Crippen MR) is 119 cm³/mol. The number of hydrogen-bond acceptors (Lipinski definition) is 4. The molecule has 30 heavy (non-hydrogen) atoms. The van der Waals surface area contributed by atoms with Crippen LogP contribution in [0.15, 0.2) is 60.7 Å². The van der Waals surface area contributed by atoms with E-state index in [1.54, 1.807) is 30.3 Å². The van der Waals surface area contributed by atoms with Crippen LogP contribution in [-0.4, -0.2) is 12.6 Å². The van der Waals surface area contributed by atoms with E-state index in [2.05, 4.69) is 6.92 Å². The zero-order valence-corrected chi connectivity index (χ0v) is 17.4. The Bertz CT molecular complexity index is 1020. The molecule has 0 atom stereocenters. The summed E-state index contributed by atoms with van der Waals surface area (Å²) in [5.74, 6) is 0.839. The van der Waals surface area contributed by atoms with E-state index < -0.39 is 5.97 Å². The Kier molecular flexibility index (Phi) is 7.86. The number of ether oxygens (including phenoxy) is 2. The van der Waals surface area contributed by atoms with E-state index in [4.69, 9.17) is 14.7 Å². The molecular formula is C26H27NO3. The molecule has 154 valence electrons. The molecule has 0 spiro atoms. The molecular weight excluding hydrogens is 374 g/mol. The predicted octanol–water partition coefficient (Wildman–Crippen LogP) is 6.67. The van der Waals surface area contributed by atoms with Crippen LogP contribution >= 0.6 is 0 Å². The van der Waals surface area contributed by atoms with E-state index >= 15 is 0 Å². The second kappa shape index (κ2) is 11.0. The number of fused-ring (bicyclic) bond motifs is 1. The minimum Gasteiger partial charge on any atom is -0.494 e. The molecule has 0 aliphatic heterocycles. The molecule has 0 unspecified atom stereocenters. The van der Waals surface area contributed by atoms with Gasteiger partial charge in [-0.25, -0.2) is 4.79 Å². The van der Waals surface area contributed by atoms with Crippen LogP contribution < -0.4 is 9.47 Å². The third-order valence-corrected chi connectivity index (χ3v) is 5.01. The first-order chi connectivity index (χ1) is 14.7. The van der Waals surface area contributed by atoms with Gasteiger partial charge in [0.1, 0.15) is 11.5 Å². The van der Waals surface area contributed by atoms with Crippen molar-refractivity contribution in [2.45, 2.75) is 45.4 Å². The van der Waals surface area contributed by atoms with Crippen molar-refractivity contribution < 1.29 is 14.3 Å². The Morgan fingerprint density at radius 2 is 1.50 bits per heavy atom. The van der Waals surface area contributed by atoms with Crippen molar-refractivity contribution in [2.75, 3.05) is 6.61 Å². The van der Waals surface area contributed by atoms with Crippen molar-refractivity contribution in [3.8, 4) is 17.6 Å². The van der Waals surface area contributed by atoms with Crippen molar-refractivity contribution in [1.82, 2.24) is 0 Å². The van der Waals surface area contributed by atoms with Gasteiger partial charge in [-0.1, -0.05) is 51.2 Å². The molecule has 0 heterocycles. The van der Waals surface area contributed by atoms with Crippen LogP contribution in [-0.2, 0) is 0 Å². The van der Waals surface area contributed by atoms with Crippen molar-refractivity contribution >= 4 is 16.7 Å². The summed E-state index contributed by atoms with van der Waals surface area (Å²) < 4.78 is 11.3. The number of unbranched alkanes of at least 4 members (excludes halogenated alkanes) is 5. The monoisotopic (exact) mass is 401 g/mol. The Balaban J connectivity index is 1.56. The van der Waals surface area contributed by atoms with Gasteiger partial charge in [-0.2, -0.15) is 5.26 Å². The molecule has 0 saturated heterocycles. The molecule has 3 aromatic rings. The van der Waals surface area contributed by atoms with Crippen LogP contribution in [0.1, 0.15) is 61.4 Å². The number of esters is 1. The minimum atomic E-state index is -0.426. The van der Waals surface area contributed by atoms with E-state index in [0.717, 1.165) is 29.5 Å². The number of nitriles is 1. The molecule has 4 nitrogen and oxygen atoms in total. The summed E-state index contributed by atoms with van der Waals surface area (Å²) in [6.45, 7) is 2.96. The van der Waals surface area contributed by atoms with Crippen LogP contribution in [0.25, 0.3) is 10.8 Å². The van der Waals surface area contributed by atoms with Crippen molar-refractivity contribution in [3.63, 3.8) is 0 Å². The van der Waals surface area contributed by atoms with Gasteiger partial charge in [0.25, 0.3) is 0 Å². The number of carbonyl (C=O) groups is 1. The third kappa shape index (κ3) is 6.09. The van der Waals surface area contributed by atoms with Gasteiger partial charge in [0.15, 0.2) is 0 Å². The molecule has 0 bridgehead atoms. The average Bonchev–Trinajstić information content (AvgIpc) is 2.78. The molecule has 0 N–H and O–H groups in total. The number of rotatable bonds is 10. The lowest BCUT2D eigenvalue weighted by molar-refractivity contribution is 0.0735. The summed E-state index contributed by atoms with van der Waals surface area (Å²) in [7, 11) is 0. The van der Waals surface area contributed by atoms with Crippen molar-refractivity contribution in [2.24, 2.45) is 0 Å². The quantitative estimate of drug-likeness (QED) is 0.216. The summed E-state index contributed by atoms with van der Waals surface area (Å²) >= 11 is 0. The minimum absolute atomic E-state index is 0.414. The standard InChI is InChI=1S/C26H27NO3/c1-2-3-4-5-6-7-16-29-25-15-12-21-17-23(11-10-22(21)18-25)26(28)30-24-13-8-20(19-27)9-14-24/h8-15,17-18H,2-7,16H2,1H3. The highest BCUT2D eigenvalue weighted by molar-refractivity contribution is 5.96. The Hall–Kier alpha value is -3.32. The fourth-order valence-corrected chi connectivity index (χ4v) is 3.28. The second-order valence-electron chi connectivity index (χ2n) is 7.37. The smallest absolute Gasteiger partial charge is 0.343 e. The summed E-state index contributed by atoms with van der Waals surface area (Å²) in [6.07, 6.45) is 7.44. The molecule has 0 amide bonds. The first kappa shape index (κ1) is 21.4. The van der Waals surface area contributed by atoms with Gasteiger partial charge in [0.05, 0.1) is 23.8 Å². The zero-order valence-electron chi connectivity index (χ0n) is 17.4. The first-order valence-corrected chi connectivity index (χ1v) is 10.6. The summed E-state index contributed by atoms with van der Waals surface area (Å²) in [5.41, 5.74) is 1.00. The lowest BCUT2D eigenvalue weighted by Crippen LogP contribution is -2.08. The summed E-state index contributed by atoms with van der Waals surface area (Å²) in [5, 5.41) is 10.8. The van der Waals surface area contributed by atoms with Crippen LogP contribution in [0.5, 0.6) is 11.5 Å². The highest BCUT2D eigenvalue weighted by atomic mass is 16.5. The van der Waals surface area contributed by atoms with Gasteiger partial charge in [0.2, 0.25) is 0 Å². The summed E-state index contributed by atoms with van der Waals surface area (Å²) in [6, 6.07) is 19.9. The summed E-state index contributed by atoms with van der Waals surface area (Å²) in [4.78, 5) is 12.4. The van der Waals surface area contributed by atoms with E-state index in [9.17, 15) is 4.79 Å². The van der Waals surface area contributed by atoms with E-state index in [0.29, 0.717) is 16.9 Å². The van der Waals surface area contributed by atoms with E-state index in [1.807, 2.05) is 36.4 Å². The zero-order chi connectivity index (χ0) is 21.2. The van der Waals surface area contributed by atoms with Crippen LogP contribution in [0.4, 0.5) is 0 Å². The normalized spacial score (nSPS) is 10.5.